The molecule has 2 unspecified atom stereocenters. The lowest BCUT2D eigenvalue weighted by Crippen LogP contribution is -2.20. The Morgan fingerprint density at radius 1 is 1.33 bits per heavy atom. The van der Waals surface area contributed by atoms with E-state index in [0.29, 0.717) is 0 Å². The van der Waals surface area contributed by atoms with Crippen LogP contribution in [0.2, 0.25) is 0 Å². The molecule has 0 amide bonds. The highest BCUT2D eigenvalue weighted by Crippen LogP contribution is 1.94. The molecule has 0 bridgehead atoms. The summed E-state index contributed by atoms with van der Waals surface area (Å²) in [6, 6.07) is 0. The van der Waals surface area contributed by atoms with Crippen LogP contribution in [0.1, 0.15) is 6.92 Å². The molecule has 0 spiro atoms. The van der Waals surface area contributed by atoms with Crippen molar-refractivity contribution in [3.63, 3.8) is 0 Å². The van der Waals surface area contributed by atoms with Crippen LogP contribution < -0.4 is 0 Å². The molecule has 0 aliphatic rings. The van der Waals surface area contributed by atoms with Crippen molar-refractivity contribution < 1.29 is 10.2 Å². The van der Waals surface area contributed by atoms with Crippen molar-refractivity contribution in [3.8, 4) is 0 Å². The van der Waals surface area contributed by atoms with Crippen molar-refractivity contribution in [2.45, 2.75) is 19.1 Å². The molecule has 2 nitrogen and oxygen atoms in total. The highest BCUT2D eigenvalue weighted by Gasteiger charge is 2.06. The zero-order valence-electron chi connectivity index (χ0n) is 5.49. The highest BCUT2D eigenvalue weighted by molar-refractivity contribution is 4.96. The summed E-state index contributed by atoms with van der Waals surface area (Å²) in [6.45, 7) is 5.10. The molecule has 0 radical (unpaired) electrons. The maximum absolute atomic E-state index is 8.91. The minimum atomic E-state index is -0.846. The Morgan fingerprint density at radius 2 is 1.89 bits per heavy atom. The standard InChI is InChI=1S/C7H12O2/c1-3-5-7(9)6(8)4-2/h3-9H,2H2,1H3. The van der Waals surface area contributed by atoms with Crippen molar-refractivity contribution in [1.82, 2.24) is 0 Å². The van der Waals surface area contributed by atoms with Gasteiger partial charge in [-0.3, -0.25) is 0 Å². The zero-order valence-corrected chi connectivity index (χ0v) is 5.49. The number of aliphatic hydroxyl groups excluding tert-OH is 2. The molecular weight excluding hydrogens is 116 g/mol. The summed E-state index contributed by atoms with van der Waals surface area (Å²) in [7, 11) is 0. The van der Waals surface area contributed by atoms with E-state index in [1.807, 2.05) is 0 Å². The minimum Gasteiger partial charge on any atom is -0.386 e. The van der Waals surface area contributed by atoms with Crippen molar-refractivity contribution >= 4 is 0 Å². The second-order valence-electron chi connectivity index (χ2n) is 1.74. The van der Waals surface area contributed by atoms with Gasteiger partial charge in [0.2, 0.25) is 0 Å². The first-order chi connectivity index (χ1) is 4.22. The van der Waals surface area contributed by atoms with Gasteiger partial charge in [0.15, 0.2) is 0 Å². The van der Waals surface area contributed by atoms with Gasteiger partial charge in [-0.2, -0.15) is 0 Å². The molecule has 0 aromatic heterocycles. The number of hydrogen-bond donors (Lipinski definition) is 2. The number of aliphatic hydroxyl groups is 2. The summed E-state index contributed by atoms with van der Waals surface area (Å²) >= 11 is 0. The molecule has 2 heteroatoms. The average Bonchev–Trinajstić information content (AvgIpc) is 1.87. The van der Waals surface area contributed by atoms with E-state index in [0.717, 1.165) is 0 Å². The second-order valence-corrected chi connectivity index (χ2v) is 1.74. The number of allylic oxidation sites excluding steroid dienone is 1. The Hall–Kier alpha value is -0.600. The van der Waals surface area contributed by atoms with Crippen molar-refractivity contribution in [3.05, 3.63) is 24.8 Å². The van der Waals surface area contributed by atoms with E-state index in [4.69, 9.17) is 10.2 Å². The second kappa shape index (κ2) is 4.30. The molecular formula is C7H12O2. The molecule has 0 heterocycles. The largest absolute Gasteiger partial charge is 0.386 e. The summed E-state index contributed by atoms with van der Waals surface area (Å²) in [5, 5.41) is 17.7. The molecule has 0 aromatic carbocycles. The van der Waals surface area contributed by atoms with E-state index in [1.165, 1.54) is 12.2 Å². The zero-order chi connectivity index (χ0) is 7.28. The Morgan fingerprint density at radius 3 is 2.22 bits per heavy atom. The van der Waals surface area contributed by atoms with Gasteiger partial charge in [-0.25, -0.2) is 0 Å². The third kappa shape index (κ3) is 3.06. The maximum Gasteiger partial charge on any atom is 0.102 e. The van der Waals surface area contributed by atoms with E-state index in [2.05, 4.69) is 6.58 Å². The van der Waals surface area contributed by atoms with Gasteiger partial charge in [-0.15, -0.1) is 6.58 Å². The van der Waals surface area contributed by atoms with Gasteiger partial charge in [0.05, 0.1) is 0 Å². The van der Waals surface area contributed by atoms with Crippen molar-refractivity contribution in [2.75, 3.05) is 0 Å². The third-order valence-corrected chi connectivity index (χ3v) is 0.981. The molecule has 0 fully saturated rings. The lowest BCUT2D eigenvalue weighted by molar-refractivity contribution is 0.0810. The van der Waals surface area contributed by atoms with E-state index < -0.39 is 12.2 Å². The average molecular weight is 128 g/mol. The van der Waals surface area contributed by atoms with Crippen LogP contribution in [0.3, 0.4) is 0 Å². The predicted molar refractivity (Wildman–Crippen MR) is 37.0 cm³/mol. The van der Waals surface area contributed by atoms with Crippen LogP contribution in [0.15, 0.2) is 24.8 Å². The molecule has 0 saturated carbocycles. The first-order valence-corrected chi connectivity index (χ1v) is 2.84. The minimum absolute atomic E-state index is 0.812. The van der Waals surface area contributed by atoms with Crippen LogP contribution in [0.25, 0.3) is 0 Å². The van der Waals surface area contributed by atoms with Crippen LogP contribution in [0.5, 0.6) is 0 Å². The van der Waals surface area contributed by atoms with Crippen LogP contribution in [-0.2, 0) is 0 Å². The van der Waals surface area contributed by atoms with Crippen LogP contribution in [0.4, 0.5) is 0 Å². The van der Waals surface area contributed by atoms with E-state index in [-0.39, 0.29) is 0 Å². The molecule has 0 aliphatic carbocycles. The van der Waals surface area contributed by atoms with Gasteiger partial charge in [0.25, 0.3) is 0 Å². The Labute approximate surface area is 55.1 Å². The first-order valence-electron chi connectivity index (χ1n) is 2.84. The molecule has 0 saturated heterocycles. The van der Waals surface area contributed by atoms with Gasteiger partial charge >= 0.3 is 0 Å². The van der Waals surface area contributed by atoms with E-state index in [1.54, 1.807) is 13.0 Å². The summed E-state index contributed by atoms with van der Waals surface area (Å²) in [5.74, 6) is 0. The lowest BCUT2D eigenvalue weighted by atomic mass is 10.2. The molecule has 9 heavy (non-hydrogen) atoms. The summed E-state index contributed by atoms with van der Waals surface area (Å²) < 4.78 is 0. The van der Waals surface area contributed by atoms with Gasteiger partial charge in [-0.05, 0) is 6.92 Å². The van der Waals surface area contributed by atoms with Crippen LogP contribution in [0, 0.1) is 0 Å². The Kier molecular flexibility index (Phi) is 4.01. The van der Waals surface area contributed by atoms with Gasteiger partial charge < -0.3 is 10.2 Å². The number of hydrogen-bond acceptors (Lipinski definition) is 2. The summed E-state index contributed by atoms with van der Waals surface area (Å²) in [5.41, 5.74) is 0. The topological polar surface area (TPSA) is 40.5 Å². The molecule has 0 aromatic rings. The fraction of sp³-hybridized carbons (Fsp3) is 0.429. The molecule has 0 rings (SSSR count). The van der Waals surface area contributed by atoms with E-state index >= 15 is 0 Å². The summed E-state index contributed by atoms with van der Waals surface area (Å²) in [6.07, 6.45) is 2.82. The smallest absolute Gasteiger partial charge is 0.102 e. The van der Waals surface area contributed by atoms with Crippen LogP contribution >= 0.6 is 0 Å². The summed E-state index contributed by atoms with van der Waals surface area (Å²) in [4.78, 5) is 0. The van der Waals surface area contributed by atoms with Gasteiger partial charge in [0.1, 0.15) is 12.2 Å². The Balaban J connectivity index is 3.71. The molecule has 2 atom stereocenters. The Bertz CT molecular complexity index is 107. The lowest BCUT2D eigenvalue weighted by Gasteiger charge is -2.07. The maximum atomic E-state index is 8.91. The van der Waals surface area contributed by atoms with Gasteiger partial charge in [-0.1, -0.05) is 18.2 Å². The molecule has 2 N–H and O–H groups in total. The van der Waals surface area contributed by atoms with Gasteiger partial charge in [0, 0.05) is 0 Å². The van der Waals surface area contributed by atoms with E-state index in [9.17, 15) is 0 Å². The van der Waals surface area contributed by atoms with Crippen molar-refractivity contribution in [1.29, 1.82) is 0 Å². The SMILES string of the molecule is C=CC(O)C(O)C=CC. The van der Waals surface area contributed by atoms with Crippen LogP contribution in [-0.4, -0.2) is 22.4 Å². The molecule has 52 valence electrons. The highest BCUT2D eigenvalue weighted by atomic mass is 16.3. The monoisotopic (exact) mass is 128 g/mol. The van der Waals surface area contributed by atoms with Crippen molar-refractivity contribution in [2.24, 2.45) is 0 Å². The fourth-order valence-electron chi connectivity index (χ4n) is 0.450. The predicted octanol–water partition coefficient (Wildman–Crippen LogP) is 0.470. The normalized spacial score (nSPS) is 17.7. The molecule has 0 aliphatic heterocycles. The quantitative estimate of drug-likeness (QED) is 0.542. The fourth-order valence-corrected chi connectivity index (χ4v) is 0.450. The first kappa shape index (κ1) is 8.40. The third-order valence-electron chi connectivity index (χ3n) is 0.981. The number of rotatable bonds is 3.